The fourth-order valence-corrected chi connectivity index (χ4v) is 3.25. The van der Waals surface area contributed by atoms with Crippen molar-refractivity contribution < 1.29 is 4.79 Å². The second kappa shape index (κ2) is 7.38. The van der Waals surface area contributed by atoms with Crippen molar-refractivity contribution >= 4 is 11.6 Å². The topological polar surface area (TPSA) is 128 Å². The molecule has 148 valence electrons. The van der Waals surface area contributed by atoms with Crippen LogP contribution in [0.5, 0.6) is 0 Å². The molecule has 3 aromatic rings. The summed E-state index contributed by atoms with van der Waals surface area (Å²) in [5.41, 5.74) is 2.58. The zero-order valence-electron chi connectivity index (χ0n) is 16.2. The fourth-order valence-electron chi connectivity index (χ4n) is 3.25. The van der Waals surface area contributed by atoms with Gasteiger partial charge in [-0.1, -0.05) is 0 Å². The summed E-state index contributed by atoms with van der Waals surface area (Å²) >= 11 is 0. The molecule has 0 saturated carbocycles. The van der Waals surface area contributed by atoms with E-state index in [1.807, 2.05) is 13.8 Å². The summed E-state index contributed by atoms with van der Waals surface area (Å²) in [7, 11) is 0. The number of carbonyl (C=O) groups is 1. The largest absolute Gasteiger partial charge is 0.356 e. The van der Waals surface area contributed by atoms with Crippen LogP contribution in [0.2, 0.25) is 0 Å². The summed E-state index contributed by atoms with van der Waals surface area (Å²) < 4.78 is 3.25. The molecule has 0 atom stereocenters. The molecule has 0 bridgehead atoms. The molecule has 1 aliphatic heterocycles. The van der Waals surface area contributed by atoms with Gasteiger partial charge in [0.2, 0.25) is 5.91 Å². The van der Waals surface area contributed by atoms with Crippen molar-refractivity contribution in [2.75, 3.05) is 6.54 Å². The molecule has 1 aliphatic rings. The Morgan fingerprint density at radius 2 is 2.10 bits per heavy atom. The maximum atomic E-state index is 12.5. The third kappa shape index (κ3) is 3.69. The van der Waals surface area contributed by atoms with Gasteiger partial charge in [0.25, 0.3) is 0 Å². The number of terminal acetylenes is 1. The Balaban J connectivity index is 1.43. The highest BCUT2D eigenvalue weighted by atomic mass is 16.1. The third-order valence-corrected chi connectivity index (χ3v) is 4.99. The minimum atomic E-state index is -0.395. The summed E-state index contributed by atoms with van der Waals surface area (Å²) in [6.07, 6.45) is 10.7. The zero-order chi connectivity index (χ0) is 20.4. The van der Waals surface area contributed by atoms with Gasteiger partial charge in [-0.05, 0) is 24.3 Å². The lowest BCUT2D eigenvalue weighted by molar-refractivity contribution is -0.120. The Labute approximate surface area is 166 Å². The second-order valence-electron chi connectivity index (χ2n) is 6.94. The van der Waals surface area contributed by atoms with Crippen LogP contribution in [0.15, 0.2) is 22.6 Å². The molecule has 0 fully saturated rings. The van der Waals surface area contributed by atoms with Gasteiger partial charge >= 0.3 is 0 Å². The molecule has 4 rings (SSSR count). The van der Waals surface area contributed by atoms with E-state index < -0.39 is 5.66 Å². The number of tetrazole rings is 1. The van der Waals surface area contributed by atoms with Crippen molar-refractivity contribution in [1.29, 1.82) is 0 Å². The van der Waals surface area contributed by atoms with Crippen LogP contribution in [0.1, 0.15) is 36.2 Å². The standard InChI is InChI=1S/C18H20N10O/c1-4-5-6-18(23-24-18)7-8-20-16(29)9-14-12(2)22-27(13(14)3)17-11-19-10-15-21-25-26-28(15)17/h1,10-11H,5-9H2,2-3H3,(H,20,29). The molecule has 29 heavy (non-hydrogen) atoms. The normalized spacial score (nSPS) is 14.1. The Morgan fingerprint density at radius 1 is 1.28 bits per heavy atom. The van der Waals surface area contributed by atoms with Gasteiger partial charge in [-0.15, -0.1) is 17.4 Å². The summed E-state index contributed by atoms with van der Waals surface area (Å²) in [5.74, 6) is 3.12. The van der Waals surface area contributed by atoms with E-state index >= 15 is 0 Å². The predicted octanol–water partition coefficient (Wildman–Crippen LogP) is 0.946. The van der Waals surface area contributed by atoms with Crippen molar-refractivity contribution in [3.63, 3.8) is 0 Å². The van der Waals surface area contributed by atoms with E-state index in [1.54, 1.807) is 21.6 Å². The van der Waals surface area contributed by atoms with E-state index in [-0.39, 0.29) is 12.3 Å². The summed E-state index contributed by atoms with van der Waals surface area (Å²) in [4.78, 5) is 16.6. The third-order valence-electron chi connectivity index (χ3n) is 4.99. The monoisotopic (exact) mass is 392 g/mol. The second-order valence-corrected chi connectivity index (χ2v) is 6.94. The Bertz CT molecular complexity index is 1130. The number of aryl methyl sites for hydroxylation is 1. The lowest BCUT2D eigenvalue weighted by Crippen LogP contribution is -2.29. The molecule has 0 aliphatic carbocycles. The van der Waals surface area contributed by atoms with E-state index in [4.69, 9.17) is 6.42 Å². The van der Waals surface area contributed by atoms with Crippen molar-refractivity contribution in [3.05, 3.63) is 29.3 Å². The number of carbonyl (C=O) groups excluding carboxylic acids is 1. The highest BCUT2D eigenvalue weighted by Crippen LogP contribution is 2.36. The molecule has 11 nitrogen and oxygen atoms in total. The van der Waals surface area contributed by atoms with E-state index in [0.717, 1.165) is 23.4 Å². The highest BCUT2D eigenvalue weighted by Gasteiger charge is 2.38. The minimum absolute atomic E-state index is 0.0812. The highest BCUT2D eigenvalue weighted by molar-refractivity contribution is 5.79. The van der Waals surface area contributed by atoms with Crippen LogP contribution >= 0.6 is 0 Å². The van der Waals surface area contributed by atoms with Crippen LogP contribution in [0, 0.1) is 26.2 Å². The van der Waals surface area contributed by atoms with Crippen LogP contribution in [0.25, 0.3) is 11.5 Å². The molecule has 1 amide bonds. The van der Waals surface area contributed by atoms with Crippen LogP contribution < -0.4 is 5.32 Å². The number of aromatic nitrogens is 7. The Hall–Kier alpha value is -3.68. The fraction of sp³-hybridized carbons (Fsp3) is 0.444. The summed E-state index contributed by atoms with van der Waals surface area (Å²) in [6.45, 7) is 4.27. The molecule has 0 radical (unpaired) electrons. The van der Waals surface area contributed by atoms with Crippen molar-refractivity contribution in [1.82, 2.24) is 40.1 Å². The quantitative estimate of drug-likeness (QED) is 0.569. The van der Waals surface area contributed by atoms with Crippen LogP contribution in [-0.4, -0.2) is 52.9 Å². The molecule has 1 N–H and O–H groups in total. The number of hydrogen-bond acceptors (Lipinski definition) is 8. The first-order valence-electron chi connectivity index (χ1n) is 9.25. The zero-order valence-corrected chi connectivity index (χ0v) is 16.2. The molecule has 0 unspecified atom stereocenters. The average Bonchev–Trinajstić information content (AvgIpc) is 3.20. The average molecular weight is 392 g/mol. The maximum Gasteiger partial charge on any atom is 0.224 e. The molecular weight excluding hydrogens is 372 g/mol. The van der Waals surface area contributed by atoms with E-state index in [1.165, 1.54) is 0 Å². The lowest BCUT2D eigenvalue weighted by Gasteiger charge is -2.10. The molecule has 0 spiro atoms. The van der Waals surface area contributed by atoms with Gasteiger partial charge in [0.1, 0.15) is 0 Å². The van der Waals surface area contributed by atoms with Crippen LogP contribution in [0.3, 0.4) is 0 Å². The van der Waals surface area contributed by atoms with Gasteiger partial charge in [0.05, 0.1) is 24.5 Å². The number of amides is 1. The molecule has 11 heteroatoms. The van der Waals surface area contributed by atoms with E-state index in [9.17, 15) is 4.79 Å². The molecule has 0 saturated heterocycles. The Kier molecular flexibility index (Phi) is 4.75. The summed E-state index contributed by atoms with van der Waals surface area (Å²) in [5, 5.41) is 27.2. The van der Waals surface area contributed by atoms with Gasteiger partial charge in [-0.25, -0.2) is 4.68 Å². The number of hydrogen-bond donors (Lipinski definition) is 1. The molecule has 4 heterocycles. The first-order valence-corrected chi connectivity index (χ1v) is 9.25. The molecular formula is C18H20N10O. The van der Waals surface area contributed by atoms with Crippen LogP contribution in [0.4, 0.5) is 0 Å². The number of fused-ring (bicyclic) bond motifs is 1. The first kappa shape index (κ1) is 18.7. The minimum Gasteiger partial charge on any atom is -0.356 e. The van der Waals surface area contributed by atoms with Gasteiger partial charge in [0, 0.05) is 37.1 Å². The van der Waals surface area contributed by atoms with E-state index in [2.05, 4.69) is 47.1 Å². The summed E-state index contributed by atoms with van der Waals surface area (Å²) in [6, 6.07) is 0. The smallest absolute Gasteiger partial charge is 0.224 e. The SMILES string of the molecule is C#CCCC1(CCNC(=O)Cc2c(C)nn(-c3cncc4nnnn34)c2C)N=N1. The van der Waals surface area contributed by atoms with Crippen LogP contribution in [-0.2, 0) is 11.2 Å². The van der Waals surface area contributed by atoms with Gasteiger partial charge in [-0.2, -0.15) is 19.8 Å². The van der Waals surface area contributed by atoms with Crippen molar-refractivity contribution in [3.8, 4) is 18.2 Å². The predicted molar refractivity (Wildman–Crippen MR) is 102 cm³/mol. The van der Waals surface area contributed by atoms with Crippen molar-refractivity contribution in [2.45, 2.75) is 45.2 Å². The first-order chi connectivity index (χ1) is 14.0. The number of nitrogens with zero attached hydrogens (tertiary/aromatic N) is 9. The van der Waals surface area contributed by atoms with Gasteiger partial charge in [0.15, 0.2) is 17.1 Å². The van der Waals surface area contributed by atoms with Gasteiger partial charge < -0.3 is 5.32 Å². The molecule has 3 aromatic heterocycles. The maximum absolute atomic E-state index is 12.5. The van der Waals surface area contributed by atoms with E-state index in [0.29, 0.717) is 30.9 Å². The Morgan fingerprint density at radius 3 is 2.86 bits per heavy atom. The number of rotatable bonds is 8. The molecule has 0 aromatic carbocycles. The van der Waals surface area contributed by atoms with Gasteiger partial charge in [-0.3, -0.25) is 9.78 Å². The van der Waals surface area contributed by atoms with Crippen molar-refractivity contribution in [2.24, 2.45) is 10.2 Å². The number of nitrogens with one attached hydrogen (secondary N) is 1. The lowest BCUT2D eigenvalue weighted by atomic mass is 10.0.